The van der Waals surface area contributed by atoms with Crippen molar-refractivity contribution in [2.75, 3.05) is 6.61 Å². The number of Topliss-reactive ketones (excluding diaryl/α,β-unsaturated/α-hetero) is 1. The fourth-order valence-corrected chi connectivity index (χ4v) is 2.54. The first kappa shape index (κ1) is 12.6. The lowest BCUT2D eigenvalue weighted by atomic mass is 9.89. The zero-order valence-electron chi connectivity index (χ0n) is 10.4. The van der Waals surface area contributed by atoms with Gasteiger partial charge in [-0.2, -0.15) is 0 Å². The number of hydrogen-bond donors (Lipinski definition) is 0. The highest BCUT2D eigenvalue weighted by Crippen LogP contribution is 2.28. The minimum atomic E-state index is -0.00530. The highest BCUT2D eigenvalue weighted by Gasteiger charge is 2.32. The number of carbonyl (C=O) groups excluding carboxylic acids is 1. The zero-order chi connectivity index (χ0) is 12.6. The topological polar surface area (TPSA) is 26.3 Å². The van der Waals surface area contributed by atoms with Gasteiger partial charge >= 0.3 is 0 Å². The molecule has 1 aliphatic rings. The SMILES string of the molecule is Cc1cc(C(=O)C2CCOC2C)c(C)cc1Cl. The van der Waals surface area contributed by atoms with E-state index in [-0.39, 0.29) is 17.8 Å². The van der Waals surface area contributed by atoms with Crippen LogP contribution in [0.1, 0.15) is 34.8 Å². The first-order chi connectivity index (χ1) is 8.00. The van der Waals surface area contributed by atoms with Crippen LogP contribution in [0.4, 0.5) is 0 Å². The van der Waals surface area contributed by atoms with Crippen molar-refractivity contribution in [2.24, 2.45) is 5.92 Å². The maximum atomic E-state index is 12.4. The van der Waals surface area contributed by atoms with Gasteiger partial charge in [-0.05, 0) is 50.5 Å². The van der Waals surface area contributed by atoms with Crippen molar-refractivity contribution in [3.05, 3.63) is 33.8 Å². The lowest BCUT2D eigenvalue weighted by Gasteiger charge is -2.15. The number of benzene rings is 1. The minimum Gasteiger partial charge on any atom is -0.378 e. The maximum Gasteiger partial charge on any atom is 0.168 e. The summed E-state index contributed by atoms with van der Waals surface area (Å²) in [6.07, 6.45) is 0.846. The van der Waals surface area contributed by atoms with Crippen molar-refractivity contribution in [3.8, 4) is 0 Å². The van der Waals surface area contributed by atoms with E-state index in [0.717, 1.165) is 28.1 Å². The van der Waals surface area contributed by atoms with Crippen LogP contribution in [0.3, 0.4) is 0 Å². The van der Waals surface area contributed by atoms with E-state index >= 15 is 0 Å². The smallest absolute Gasteiger partial charge is 0.168 e. The molecule has 2 rings (SSSR count). The number of ketones is 1. The third-order valence-electron chi connectivity index (χ3n) is 3.48. The molecular formula is C14H17ClO2. The van der Waals surface area contributed by atoms with Gasteiger partial charge in [-0.15, -0.1) is 0 Å². The van der Waals surface area contributed by atoms with E-state index in [0.29, 0.717) is 6.61 Å². The second kappa shape index (κ2) is 4.79. The van der Waals surface area contributed by atoms with Gasteiger partial charge in [-0.1, -0.05) is 11.6 Å². The molecular weight excluding hydrogens is 236 g/mol. The molecule has 1 aromatic rings. The van der Waals surface area contributed by atoms with Crippen LogP contribution in [-0.4, -0.2) is 18.5 Å². The number of carbonyl (C=O) groups is 1. The van der Waals surface area contributed by atoms with Crippen LogP contribution in [0.5, 0.6) is 0 Å². The van der Waals surface area contributed by atoms with Crippen molar-refractivity contribution < 1.29 is 9.53 Å². The molecule has 0 bridgehead atoms. The number of ether oxygens (including phenoxy) is 1. The van der Waals surface area contributed by atoms with Gasteiger partial charge < -0.3 is 4.74 Å². The van der Waals surface area contributed by atoms with Gasteiger partial charge in [0.25, 0.3) is 0 Å². The van der Waals surface area contributed by atoms with Gasteiger partial charge in [0.05, 0.1) is 12.0 Å². The summed E-state index contributed by atoms with van der Waals surface area (Å²) >= 11 is 6.04. The van der Waals surface area contributed by atoms with Gasteiger partial charge in [-0.3, -0.25) is 4.79 Å². The van der Waals surface area contributed by atoms with Crippen molar-refractivity contribution in [3.63, 3.8) is 0 Å². The quantitative estimate of drug-likeness (QED) is 0.753. The highest BCUT2D eigenvalue weighted by molar-refractivity contribution is 6.31. The molecule has 92 valence electrons. The average Bonchev–Trinajstić information content (AvgIpc) is 2.69. The molecule has 1 saturated heterocycles. The first-order valence-electron chi connectivity index (χ1n) is 5.93. The Labute approximate surface area is 107 Å². The van der Waals surface area contributed by atoms with E-state index < -0.39 is 0 Å². The predicted molar refractivity (Wildman–Crippen MR) is 68.8 cm³/mol. The summed E-state index contributed by atoms with van der Waals surface area (Å²) in [6, 6.07) is 3.76. The lowest BCUT2D eigenvalue weighted by Crippen LogP contribution is -2.22. The van der Waals surface area contributed by atoms with Crippen molar-refractivity contribution in [1.29, 1.82) is 0 Å². The molecule has 1 aromatic carbocycles. The summed E-state index contributed by atoms with van der Waals surface area (Å²) in [6.45, 7) is 6.50. The Morgan fingerprint density at radius 1 is 1.35 bits per heavy atom. The molecule has 0 saturated carbocycles. The Kier molecular flexibility index (Phi) is 3.55. The van der Waals surface area contributed by atoms with Crippen LogP contribution in [0.25, 0.3) is 0 Å². The fourth-order valence-electron chi connectivity index (χ4n) is 2.32. The van der Waals surface area contributed by atoms with Gasteiger partial charge in [0.1, 0.15) is 0 Å². The van der Waals surface area contributed by atoms with E-state index in [1.54, 1.807) is 0 Å². The van der Waals surface area contributed by atoms with Gasteiger partial charge in [0.2, 0.25) is 0 Å². The first-order valence-corrected chi connectivity index (χ1v) is 6.31. The molecule has 17 heavy (non-hydrogen) atoms. The minimum absolute atomic E-state index is 0.00530. The fraction of sp³-hybridized carbons (Fsp3) is 0.500. The summed E-state index contributed by atoms with van der Waals surface area (Å²) in [5.74, 6) is 0.182. The molecule has 2 unspecified atom stereocenters. The molecule has 0 N–H and O–H groups in total. The van der Waals surface area contributed by atoms with Crippen LogP contribution in [-0.2, 0) is 4.74 Å². The van der Waals surface area contributed by atoms with E-state index in [4.69, 9.17) is 16.3 Å². The number of rotatable bonds is 2. The summed E-state index contributed by atoms with van der Waals surface area (Å²) in [5, 5.41) is 0.717. The highest BCUT2D eigenvalue weighted by atomic mass is 35.5. The third-order valence-corrected chi connectivity index (χ3v) is 3.89. The monoisotopic (exact) mass is 252 g/mol. The Bertz CT molecular complexity index is 454. The Hall–Kier alpha value is -0.860. The number of hydrogen-bond acceptors (Lipinski definition) is 2. The molecule has 3 heteroatoms. The largest absolute Gasteiger partial charge is 0.378 e. The number of aryl methyl sites for hydroxylation is 2. The van der Waals surface area contributed by atoms with Crippen LogP contribution >= 0.6 is 11.6 Å². The second-order valence-corrected chi connectivity index (χ2v) is 5.16. The molecule has 0 amide bonds. The molecule has 0 radical (unpaired) electrons. The lowest BCUT2D eigenvalue weighted by molar-refractivity contribution is 0.0763. The van der Waals surface area contributed by atoms with Crippen molar-refractivity contribution >= 4 is 17.4 Å². The van der Waals surface area contributed by atoms with Crippen LogP contribution in [0, 0.1) is 19.8 Å². The summed E-state index contributed by atoms with van der Waals surface area (Å²) in [5.41, 5.74) is 2.69. The second-order valence-electron chi connectivity index (χ2n) is 4.75. The average molecular weight is 253 g/mol. The molecule has 2 atom stereocenters. The van der Waals surface area contributed by atoms with E-state index in [1.165, 1.54) is 0 Å². The van der Waals surface area contributed by atoms with Crippen LogP contribution in [0.15, 0.2) is 12.1 Å². The maximum absolute atomic E-state index is 12.4. The zero-order valence-corrected chi connectivity index (χ0v) is 11.2. The normalized spacial score (nSPS) is 24.0. The number of halogens is 1. The Balaban J connectivity index is 2.34. The van der Waals surface area contributed by atoms with Gasteiger partial charge in [0, 0.05) is 17.2 Å². The van der Waals surface area contributed by atoms with Gasteiger partial charge in [0.15, 0.2) is 5.78 Å². The van der Waals surface area contributed by atoms with Crippen LogP contribution in [0.2, 0.25) is 5.02 Å². The van der Waals surface area contributed by atoms with Crippen molar-refractivity contribution in [2.45, 2.75) is 33.3 Å². The molecule has 0 spiro atoms. The summed E-state index contributed by atoms with van der Waals surface area (Å²) in [4.78, 5) is 12.4. The molecule has 1 heterocycles. The summed E-state index contributed by atoms with van der Waals surface area (Å²) in [7, 11) is 0. The standard InChI is InChI=1S/C14H17ClO2/c1-8-7-13(15)9(2)6-12(8)14(16)11-4-5-17-10(11)3/h6-7,10-11H,4-5H2,1-3H3. The van der Waals surface area contributed by atoms with Gasteiger partial charge in [-0.25, -0.2) is 0 Å². The van der Waals surface area contributed by atoms with E-state index in [9.17, 15) is 4.79 Å². The molecule has 2 nitrogen and oxygen atoms in total. The van der Waals surface area contributed by atoms with E-state index in [2.05, 4.69) is 0 Å². The van der Waals surface area contributed by atoms with Crippen LogP contribution < -0.4 is 0 Å². The molecule has 0 aliphatic carbocycles. The third kappa shape index (κ3) is 2.38. The Morgan fingerprint density at radius 2 is 2.06 bits per heavy atom. The molecule has 0 aromatic heterocycles. The predicted octanol–water partition coefficient (Wildman–Crippen LogP) is 3.56. The summed E-state index contributed by atoms with van der Waals surface area (Å²) < 4.78 is 5.45. The molecule has 1 fully saturated rings. The van der Waals surface area contributed by atoms with E-state index in [1.807, 2.05) is 32.9 Å². The Morgan fingerprint density at radius 3 is 2.65 bits per heavy atom. The van der Waals surface area contributed by atoms with Crippen molar-refractivity contribution in [1.82, 2.24) is 0 Å². The molecule has 1 aliphatic heterocycles.